The van der Waals surface area contributed by atoms with Gasteiger partial charge in [-0.1, -0.05) is 30.7 Å². The highest BCUT2D eigenvalue weighted by atomic mass is 15.4. The van der Waals surface area contributed by atoms with Crippen molar-refractivity contribution in [2.45, 2.75) is 51.0 Å². The topological polar surface area (TPSA) is 101 Å². The van der Waals surface area contributed by atoms with Gasteiger partial charge >= 0.3 is 0 Å². The zero-order chi connectivity index (χ0) is 27.3. The van der Waals surface area contributed by atoms with Crippen molar-refractivity contribution in [3.8, 4) is 17.1 Å². The molecule has 3 N–H and O–H groups in total. The van der Waals surface area contributed by atoms with Crippen LogP contribution in [0, 0.1) is 11.8 Å². The first kappa shape index (κ1) is 24.8. The summed E-state index contributed by atoms with van der Waals surface area (Å²) in [6.07, 6.45) is 8.90. The van der Waals surface area contributed by atoms with Crippen LogP contribution in [0.15, 0.2) is 54.6 Å². The number of piperazine rings is 1. The summed E-state index contributed by atoms with van der Waals surface area (Å²) in [6.45, 7) is 4.53. The Balaban J connectivity index is 0.935. The second-order valence-electron chi connectivity index (χ2n) is 12.2. The monoisotopic (exact) mass is 547 g/mol. The highest BCUT2D eigenvalue weighted by Crippen LogP contribution is 2.46. The number of hydrogen-bond acceptors (Lipinski definition) is 8. The molecule has 8 rings (SSSR count). The van der Waals surface area contributed by atoms with E-state index in [9.17, 15) is 0 Å². The van der Waals surface area contributed by atoms with Crippen LogP contribution in [0.1, 0.15) is 43.2 Å². The number of fused-ring (bicyclic) bond motifs is 5. The van der Waals surface area contributed by atoms with Gasteiger partial charge in [0.2, 0.25) is 11.9 Å². The van der Waals surface area contributed by atoms with E-state index in [1.165, 1.54) is 55.6 Å². The normalized spacial score (nSPS) is 23.7. The number of rotatable bonds is 5. The van der Waals surface area contributed by atoms with Gasteiger partial charge in [-0.2, -0.15) is 9.67 Å². The Morgan fingerprint density at radius 2 is 1.68 bits per heavy atom. The predicted molar refractivity (Wildman–Crippen MR) is 162 cm³/mol. The molecule has 2 aromatic carbocycles. The van der Waals surface area contributed by atoms with Crippen molar-refractivity contribution in [1.29, 1.82) is 0 Å². The van der Waals surface area contributed by atoms with Crippen LogP contribution < -0.4 is 16.0 Å². The molecule has 2 saturated carbocycles. The minimum atomic E-state index is 0.278. The summed E-state index contributed by atoms with van der Waals surface area (Å²) in [4.78, 5) is 9.74. The molecule has 3 fully saturated rings. The van der Waals surface area contributed by atoms with E-state index >= 15 is 0 Å². The molecule has 1 aliphatic heterocycles. The molecular formula is C32H37N9. The van der Waals surface area contributed by atoms with Crippen LogP contribution in [0.4, 0.5) is 23.3 Å². The lowest BCUT2D eigenvalue weighted by molar-refractivity contribution is 0.135. The summed E-state index contributed by atoms with van der Waals surface area (Å²) in [6, 6.07) is 19.9. The smallest absolute Gasteiger partial charge is 0.248 e. The molecule has 0 radical (unpaired) electrons. The molecule has 2 bridgehead atoms. The summed E-state index contributed by atoms with van der Waals surface area (Å²) in [5.41, 5.74) is 13.1. The number of aryl methyl sites for hydroxylation is 2. The molecule has 2 aromatic heterocycles. The standard InChI is InChI=1S/C32H37N9/c33-31-35-32(38-41(31)29-20-24-6-3-5-22-4-1-2-7-27(22)30(24)37-36-29)34-25-10-12-26(13-11-25)39-14-16-40(17-15-39)28-19-21-8-9-23(28)18-21/h1-2,4,7,10-13,20-21,23,28H,3,5-6,8-9,14-19H2,(H3,33,34,35,38). The highest BCUT2D eigenvalue weighted by Gasteiger charge is 2.42. The van der Waals surface area contributed by atoms with Crippen molar-refractivity contribution in [2.75, 3.05) is 42.1 Å². The van der Waals surface area contributed by atoms with E-state index in [0.29, 0.717) is 11.8 Å². The van der Waals surface area contributed by atoms with Gasteiger partial charge in [0, 0.05) is 49.2 Å². The van der Waals surface area contributed by atoms with Gasteiger partial charge in [0.1, 0.15) is 0 Å². The van der Waals surface area contributed by atoms with E-state index < -0.39 is 0 Å². The Labute approximate surface area is 240 Å². The first-order valence-corrected chi connectivity index (χ1v) is 15.2. The third-order valence-electron chi connectivity index (χ3n) is 9.85. The molecular weight excluding hydrogens is 510 g/mol. The quantitative estimate of drug-likeness (QED) is 0.366. The second kappa shape index (κ2) is 10.1. The minimum Gasteiger partial charge on any atom is -0.369 e. The summed E-state index contributed by atoms with van der Waals surface area (Å²) in [7, 11) is 0. The van der Waals surface area contributed by atoms with Crippen molar-refractivity contribution in [3.05, 3.63) is 65.7 Å². The van der Waals surface area contributed by atoms with E-state index in [2.05, 4.69) is 83.9 Å². The summed E-state index contributed by atoms with van der Waals surface area (Å²) in [5, 5.41) is 17.0. The summed E-state index contributed by atoms with van der Waals surface area (Å²) >= 11 is 0. The third kappa shape index (κ3) is 4.62. The molecule has 4 aliphatic rings. The van der Waals surface area contributed by atoms with Gasteiger partial charge in [-0.15, -0.1) is 15.3 Å². The molecule has 9 nitrogen and oxygen atoms in total. The first-order chi connectivity index (χ1) is 20.2. The van der Waals surface area contributed by atoms with Crippen LogP contribution in [0.3, 0.4) is 0 Å². The molecule has 1 saturated heterocycles. The van der Waals surface area contributed by atoms with E-state index in [1.54, 1.807) is 4.68 Å². The van der Waals surface area contributed by atoms with Gasteiger partial charge in [-0.25, -0.2) is 0 Å². The fraction of sp³-hybridized carbons (Fsp3) is 0.438. The number of nitrogens with two attached hydrogens (primary N) is 1. The average Bonchev–Trinajstić information content (AvgIpc) is 3.71. The lowest BCUT2D eigenvalue weighted by Gasteiger charge is -2.41. The molecule has 9 heteroatoms. The van der Waals surface area contributed by atoms with E-state index in [4.69, 9.17) is 5.73 Å². The highest BCUT2D eigenvalue weighted by molar-refractivity contribution is 5.68. The molecule has 4 aromatic rings. The Morgan fingerprint density at radius 3 is 2.49 bits per heavy atom. The number of nitrogens with one attached hydrogen (secondary N) is 1. The van der Waals surface area contributed by atoms with Crippen LogP contribution in [0.2, 0.25) is 0 Å². The first-order valence-electron chi connectivity index (χ1n) is 15.2. The van der Waals surface area contributed by atoms with Gasteiger partial charge in [-0.05, 0) is 91.8 Å². The Bertz CT molecular complexity index is 1550. The number of nitrogens with zero attached hydrogens (tertiary/aromatic N) is 7. The Morgan fingerprint density at radius 1 is 0.854 bits per heavy atom. The maximum absolute atomic E-state index is 6.28. The number of nitrogen functional groups attached to an aromatic ring is 1. The van der Waals surface area contributed by atoms with Crippen LogP contribution in [0.25, 0.3) is 17.1 Å². The number of hydrogen-bond donors (Lipinski definition) is 2. The summed E-state index contributed by atoms with van der Waals surface area (Å²) in [5.74, 6) is 3.27. The minimum absolute atomic E-state index is 0.278. The van der Waals surface area contributed by atoms with E-state index in [0.717, 1.165) is 67.2 Å². The molecule has 3 atom stereocenters. The van der Waals surface area contributed by atoms with Crippen LogP contribution in [0.5, 0.6) is 0 Å². The second-order valence-corrected chi connectivity index (χ2v) is 12.2. The van der Waals surface area contributed by atoms with Crippen LogP contribution in [-0.4, -0.2) is 62.1 Å². The molecule has 0 spiro atoms. The molecule has 3 heterocycles. The summed E-state index contributed by atoms with van der Waals surface area (Å²) < 4.78 is 1.57. The van der Waals surface area contributed by atoms with Gasteiger partial charge in [-0.3, -0.25) is 4.90 Å². The molecule has 3 aliphatic carbocycles. The molecule has 210 valence electrons. The van der Waals surface area contributed by atoms with Crippen molar-refractivity contribution in [3.63, 3.8) is 0 Å². The van der Waals surface area contributed by atoms with Crippen molar-refractivity contribution in [2.24, 2.45) is 11.8 Å². The number of anilines is 4. The van der Waals surface area contributed by atoms with Crippen molar-refractivity contribution >= 4 is 23.3 Å². The van der Waals surface area contributed by atoms with Gasteiger partial charge < -0.3 is 16.0 Å². The Kier molecular flexibility index (Phi) is 6.13. The molecule has 0 amide bonds. The van der Waals surface area contributed by atoms with Gasteiger partial charge in [0.05, 0.1) is 5.69 Å². The Hall–Kier alpha value is -3.98. The molecule has 3 unspecified atom stereocenters. The fourth-order valence-corrected chi connectivity index (χ4v) is 7.78. The fourth-order valence-electron chi connectivity index (χ4n) is 7.78. The van der Waals surface area contributed by atoms with E-state index in [-0.39, 0.29) is 5.95 Å². The van der Waals surface area contributed by atoms with Crippen molar-refractivity contribution < 1.29 is 0 Å². The van der Waals surface area contributed by atoms with Gasteiger partial charge in [0.15, 0.2) is 5.82 Å². The lowest BCUT2D eigenvalue weighted by atomic mass is 9.93. The maximum atomic E-state index is 6.28. The largest absolute Gasteiger partial charge is 0.369 e. The van der Waals surface area contributed by atoms with E-state index in [1.807, 2.05) is 6.07 Å². The third-order valence-corrected chi connectivity index (χ3v) is 9.85. The van der Waals surface area contributed by atoms with Crippen LogP contribution >= 0.6 is 0 Å². The predicted octanol–water partition coefficient (Wildman–Crippen LogP) is 4.85. The SMILES string of the molecule is Nc1nc(Nc2ccc(N3CCN(C4CC5CCC4C5)CC3)cc2)nn1-c1cc2c(nn1)-c1ccccc1CCC2. The lowest BCUT2D eigenvalue weighted by Crippen LogP contribution is -2.51. The zero-order valence-electron chi connectivity index (χ0n) is 23.4. The molecule has 41 heavy (non-hydrogen) atoms. The zero-order valence-corrected chi connectivity index (χ0v) is 23.4. The average molecular weight is 548 g/mol. The maximum Gasteiger partial charge on any atom is 0.248 e. The number of aromatic nitrogens is 5. The number of benzene rings is 2. The van der Waals surface area contributed by atoms with Gasteiger partial charge in [0.25, 0.3) is 0 Å². The van der Waals surface area contributed by atoms with Crippen LogP contribution in [-0.2, 0) is 12.8 Å². The van der Waals surface area contributed by atoms with Crippen molar-refractivity contribution in [1.82, 2.24) is 29.9 Å².